The Balaban J connectivity index is 1.55. The SMILES string of the molecule is NC(=O)Nc1ccc(C(=O)OCC(=O)Nc2cc3c(cc2Br)OCCO3)cc1. The van der Waals surface area contributed by atoms with Gasteiger partial charge in [-0.1, -0.05) is 0 Å². The summed E-state index contributed by atoms with van der Waals surface area (Å²) >= 11 is 3.35. The summed E-state index contributed by atoms with van der Waals surface area (Å²) < 4.78 is 16.5. The lowest BCUT2D eigenvalue weighted by Gasteiger charge is -2.20. The Bertz CT molecular complexity index is 916. The lowest BCUT2D eigenvalue weighted by atomic mass is 10.2. The molecule has 0 atom stereocenters. The van der Waals surface area contributed by atoms with Gasteiger partial charge in [0.2, 0.25) is 0 Å². The Kier molecular flexibility index (Phi) is 5.99. The third-order valence-electron chi connectivity index (χ3n) is 3.63. The van der Waals surface area contributed by atoms with Crippen LogP contribution in [0.4, 0.5) is 16.2 Å². The molecule has 2 aromatic carbocycles. The number of carbonyl (C=O) groups excluding carboxylic acids is 3. The van der Waals surface area contributed by atoms with Crippen molar-refractivity contribution in [1.82, 2.24) is 0 Å². The molecule has 10 heteroatoms. The number of hydrogen-bond acceptors (Lipinski definition) is 6. The molecule has 1 heterocycles. The van der Waals surface area contributed by atoms with Gasteiger partial charge in [0.15, 0.2) is 18.1 Å². The number of nitrogens with one attached hydrogen (secondary N) is 2. The fourth-order valence-corrected chi connectivity index (χ4v) is 2.81. The van der Waals surface area contributed by atoms with E-state index in [1.54, 1.807) is 12.1 Å². The van der Waals surface area contributed by atoms with E-state index >= 15 is 0 Å². The van der Waals surface area contributed by atoms with Crippen LogP contribution in [0.25, 0.3) is 0 Å². The summed E-state index contributed by atoms with van der Waals surface area (Å²) in [5.41, 5.74) is 6.14. The molecule has 28 heavy (non-hydrogen) atoms. The molecule has 0 radical (unpaired) electrons. The van der Waals surface area contributed by atoms with Crippen molar-refractivity contribution >= 4 is 45.2 Å². The Morgan fingerprint density at radius 1 is 1.04 bits per heavy atom. The van der Waals surface area contributed by atoms with Crippen molar-refractivity contribution in [1.29, 1.82) is 0 Å². The molecule has 0 spiro atoms. The third kappa shape index (κ3) is 4.92. The predicted octanol–water partition coefficient (Wildman–Crippen LogP) is 2.51. The molecule has 0 saturated heterocycles. The van der Waals surface area contributed by atoms with E-state index in [2.05, 4.69) is 26.6 Å². The zero-order chi connectivity index (χ0) is 20.1. The van der Waals surface area contributed by atoms with Crippen LogP contribution in [0, 0.1) is 0 Å². The third-order valence-corrected chi connectivity index (χ3v) is 4.28. The second-order valence-electron chi connectivity index (χ2n) is 5.67. The Labute approximate surface area is 168 Å². The van der Waals surface area contributed by atoms with E-state index in [-0.39, 0.29) is 5.56 Å². The molecule has 3 rings (SSSR count). The topological polar surface area (TPSA) is 129 Å². The summed E-state index contributed by atoms with van der Waals surface area (Å²) in [6.07, 6.45) is 0. The number of halogens is 1. The van der Waals surface area contributed by atoms with Gasteiger partial charge in [0.1, 0.15) is 13.2 Å². The molecule has 1 aliphatic heterocycles. The number of hydrogen-bond donors (Lipinski definition) is 3. The van der Waals surface area contributed by atoms with Crippen molar-refractivity contribution in [3.05, 3.63) is 46.4 Å². The summed E-state index contributed by atoms with van der Waals surface area (Å²) in [4.78, 5) is 34.9. The number of benzene rings is 2. The van der Waals surface area contributed by atoms with E-state index in [1.807, 2.05) is 0 Å². The molecule has 0 fully saturated rings. The molecule has 2 aromatic rings. The molecule has 1 aliphatic rings. The smallest absolute Gasteiger partial charge is 0.338 e. The number of nitrogens with two attached hydrogens (primary N) is 1. The number of primary amides is 1. The van der Waals surface area contributed by atoms with Crippen LogP contribution >= 0.6 is 15.9 Å². The Morgan fingerprint density at radius 3 is 2.32 bits per heavy atom. The number of esters is 1. The van der Waals surface area contributed by atoms with Crippen molar-refractivity contribution in [3.8, 4) is 11.5 Å². The van der Waals surface area contributed by atoms with Gasteiger partial charge in [-0.3, -0.25) is 4.79 Å². The average molecular weight is 450 g/mol. The van der Waals surface area contributed by atoms with Gasteiger partial charge in [-0.2, -0.15) is 0 Å². The molecule has 9 nitrogen and oxygen atoms in total. The van der Waals surface area contributed by atoms with Gasteiger partial charge >= 0.3 is 12.0 Å². The number of urea groups is 1. The standard InChI is InChI=1S/C18H16BrN3O6/c19-12-7-14-15(27-6-5-26-14)8-13(12)22-16(23)9-28-17(24)10-1-3-11(4-2-10)21-18(20)25/h1-4,7-8H,5-6,9H2,(H,22,23)(H3,20,21,25). The number of fused-ring (bicyclic) bond motifs is 1. The highest BCUT2D eigenvalue weighted by Gasteiger charge is 2.17. The number of carbonyl (C=O) groups is 3. The second kappa shape index (κ2) is 8.61. The molecule has 0 saturated carbocycles. The van der Waals surface area contributed by atoms with Gasteiger partial charge < -0.3 is 30.6 Å². The molecule has 0 aromatic heterocycles. The van der Waals surface area contributed by atoms with Gasteiger partial charge in [-0.15, -0.1) is 0 Å². The van der Waals surface area contributed by atoms with Gasteiger partial charge in [-0.25, -0.2) is 9.59 Å². The van der Waals surface area contributed by atoms with E-state index in [1.165, 1.54) is 24.3 Å². The summed E-state index contributed by atoms with van der Waals surface area (Å²) in [6, 6.07) is 8.49. The number of amides is 3. The van der Waals surface area contributed by atoms with Crippen LogP contribution in [0.3, 0.4) is 0 Å². The van der Waals surface area contributed by atoms with E-state index in [4.69, 9.17) is 19.9 Å². The highest BCUT2D eigenvalue weighted by Crippen LogP contribution is 2.38. The first-order chi connectivity index (χ1) is 13.4. The first-order valence-electron chi connectivity index (χ1n) is 8.15. The lowest BCUT2D eigenvalue weighted by Crippen LogP contribution is -2.22. The van der Waals surface area contributed by atoms with E-state index < -0.39 is 24.5 Å². The van der Waals surface area contributed by atoms with Crippen LogP contribution in [-0.2, 0) is 9.53 Å². The van der Waals surface area contributed by atoms with Gasteiger partial charge in [0.25, 0.3) is 5.91 Å². The fourth-order valence-electron chi connectivity index (χ4n) is 2.39. The van der Waals surface area contributed by atoms with Crippen LogP contribution in [0.15, 0.2) is 40.9 Å². The van der Waals surface area contributed by atoms with Crippen LogP contribution in [0.5, 0.6) is 11.5 Å². The minimum Gasteiger partial charge on any atom is -0.486 e. The van der Waals surface area contributed by atoms with Crippen LogP contribution in [-0.4, -0.2) is 37.7 Å². The minimum absolute atomic E-state index is 0.225. The highest BCUT2D eigenvalue weighted by molar-refractivity contribution is 9.10. The maximum absolute atomic E-state index is 12.1. The normalized spacial score (nSPS) is 12.0. The van der Waals surface area contributed by atoms with Crippen molar-refractivity contribution in [2.45, 2.75) is 0 Å². The zero-order valence-corrected chi connectivity index (χ0v) is 16.1. The maximum Gasteiger partial charge on any atom is 0.338 e. The van der Waals surface area contributed by atoms with E-state index in [9.17, 15) is 14.4 Å². The number of ether oxygens (including phenoxy) is 3. The Morgan fingerprint density at radius 2 is 1.68 bits per heavy atom. The Hall–Kier alpha value is -3.27. The summed E-state index contributed by atoms with van der Waals surface area (Å²) in [7, 11) is 0. The van der Waals surface area contributed by atoms with Gasteiger partial charge in [-0.05, 0) is 40.2 Å². The first-order valence-corrected chi connectivity index (χ1v) is 8.94. The molecular weight excluding hydrogens is 434 g/mol. The quantitative estimate of drug-likeness (QED) is 0.601. The van der Waals surface area contributed by atoms with Gasteiger partial charge in [0, 0.05) is 22.3 Å². The number of anilines is 2. The van der Waals surface area contributed by atoms with Crippen LogP contribution < -0.4 is 25.8 Å². The van der Waals surface area contributed by atoms with Crippen molar-refractivity contribution in [2.24, 2.45) is 5.73 Å². The van der Waals surface area contributed by atoms with Crippen molar-refractivity contribution in [2.75, 3.05) is 30.5 Å². The predicted molar refractivity (Wildman–Crippen MR) is 104 cm³/mol. The molecule has 3 amide bonds. The molecular formula is C18H16BrN3O6. The van der Waals surface area contributed by atoms with Crippen molar-refractivity contribution in [3.63, 3.8) is 0 Å². The molecule has 0 aliphatic carbocycles. The monoisotopic (exact) mass is 449 g/mol. The largest absolute Gasteiger partial charge is 0.486 e. The zero-order valence-electron chi connectivity index (χ0n) is 14.5. The van der Waals surface area contributed by atoms with Crippen LogP contribution in [0.2, 0.25) is 0 Å². The summed E-state index contributed by atoms with van der Waals surface area (Å²) in [5.74, 6) is -0.0945. The molecule has 146 valence electrons. The first kappa shape index (κ1) is 19.5. The number of rotatable bonds is 5. The maximum atomic E-state index is 12.1. The molecule has 0 bridgehead atoms. The van der Waals surface area contributed by atoms with Crippen molar-refractivity contribution < 1.29 is 28.6 Å². The van der Waals surface area contributed by atoms with E-state index in [0.717, 1.165) is 0 Å². The molecule has 4 N–H and O–H groups in total. The van der Waals surface area contributed by atoms with Crippen LogP contribution in [0.1, 0.15) is 10.4 Å². The fraction of sp³-hybridized carbons (Fsp3) is 0.167. The van der Waals surface area contributed by atoms with E-state index in [0.29, 0.717) is 40.6 Å². The average Bonchev–Trinajstić information content (AvgIpc) is 2.67. The minimum atomic E-state index is -0.711. The molecule has 0 unspecified atom stereocenters. The summed E-state index contributed by atoms with van der Waals surface area (Å²) in [6.45, 7) is 0.412. The summed E-state index contributed by atoms with van der Waals surface area (Å²) in [5, 5.41) is 5.01. The highest BCUT2D eigenvalue weighted by atomic mass is 79.9. The lowest BCUT2D eigenvalue weighted by molar-refractivity contribution is -0.119. The second-order valence-corrected chi connectivity index (χ2v) is 6.52. The van der Waals surface area contributed by atoms with Gasteiger partial charge in [0.05, 0.1) is 11.3 Å².